The van der Waals surface area contributed by atoms with Crippen molar-refractivity contribution in [3.8, 4) is 0 Å². The van der Waals surface area contributed by atoms with Crippen molar-refractivity contribution < 1.29 is 19.1 Å². The Morgan fingerprint density at radius 2 is 1.52 bits per heavy atom. The number of hydrogen-bond donors (Lipinski definition) is 3. The molecule has 3 amide bonds. The van der Waals surface area contributed by atoms with Crippen LogP contribution < -0.4 is 16.0 Å². The number of para-hydroxylation sites is 1. The summed E-state index contributed by atoms with van der Waals surface area (Å²) in [7, 11) is 0. The summed E-state index contributed by atoms with van der Waals surface area (Å²) in [5, 5.41) is 7.92. The summed E-state index contributed by atoms with van der Waals surface area (Å²) >= 11 is 0. The molecule has 154 valence electrons. The molecule has 0 aliphatic heterocycles. The number of carbonyl (C=O) groups is 3. The van der Waals surface area contributed by atoms with E-state index in [0.717, 1.165) is 12.0 Å². The third-order valence-corrected chi connectivity index (χ3v) is 4.23. The lowest BCUT2D eigenvalue weighted by Gasteiger charge is -2.21. The van der Waals surface area contributed by atoms with Gasteiger partial charge in [0, 0.05) is 11.4 Å². The summed E-state index contributed by atoms with van der Waals surface area (Å²) in [6, 6.07) is 14.9. The first-order valence-electron chi connectivity index (χ1n) is 9.57. The van der Waals surface area contributed by atoms with Gasteiger partial charge in [-0.25, -0.2) is 9.59 Å². The lowest BCUT2D eigenvalue weighted by atomic mass is 10.1. The molecule has 0 saturated carbocycles. The molecule has 0 saturated heterocycles. The predicted molar refractivity (Wildman–Crippen MR) is 113 cm³/mol. The second-order valence-electron chi connectivity index (χ2n) is 6.89. The van der Waals surface area contributed by atoms with Crippen LogP contribution in [-0.4, -0.2) is 30.6 Å². The van der Waals surface area contributed by atoms with Gasteiger partial charge in [-0.05, 0) is 42.2 Å². The predicted octanol–water partition coefficient (Wildman–Crippen LogP) is 3.58. The number of anilines is 2. The van der Waals surface area contributed by atoms with Crippen molar-refractivity contribution in [2.45, 2.75) is 33.2 Å². The van der Waals surface area contributed by atoms with Gasteiger partial charge in [-0.3, -0.25) is 4.79 Å². The number of urea groups is 1. The third kappa shape index (κ3) is 7.29. The molecule has 3 N–H and O–H groups in total. The molecule has 29 heavy (non-hydrogen) atoms. The topological polar surface area (TPSA) is 96.5 Å². The van der Waals surface area contributed by atoms with Crippen LogP contribution in [0.1, 0.15) is 26.3 Å². The van der Waals surface area contributed by atoms with Crippen LogP contribution >= 0.6 is 0 Å². The fourth-order valence-corrected chi connectivity index (χ4v) is 2.57. The Bertz CT molecular complexity index is 820. The number of nitrogens with one attached hydrogen (secondary N) is 3. The van der Waals surface area contributed by atoms with Gasteiger partial charge in [-0.1, -0.05) is 51.1 Å². The third-order valence-electron chi connectivity index (χ3n) is 4.23. The maximum Gasteiger partial charge on any atom is 0.329 e. The minimum absolute atomic E-state index is 0.214. The number of esters is 1. The Morgan fingerprint density at radius 1 is 0.897 bits per heavy atom. The molecule has 0 radical (unpaired) electrons. The van der Waals surface area contributed by atoms with Crippen molar-refractivity contribution in [1.29, 1.82) is 0 Å². The van der Waals surface area contributed by atoms with E-state index >= 15 is 0 Å². The molecule has 0 aliphatic carbocycles. The highest BCUT2D eigenvalue weighted by Crippen LogP contribution is 2.10. The van der Waals surface area contributed by atoms with Crippen LogP contribution in [0.25, 0.3) is 0 Å². The van der Waals surface area contributed by atoms with E-state index in [-0.39, 0.29) is 5.92 Å². The van der Waals surface area contributed by atoms with E-state index in [4.69, 9.17) is 4.74 Å². The van der Waals surface area contributed by atoms with Crippen molar-refractivity contribution in [3.05, 3.63) is 60.2 Å². The summed E-state index contributed by atoms with van der Waals surface area (Å²) in [6.07, 6.45) is 0.910. The zero-order valence-corrected chi connectivity index (χ0v) is 16.9. The van der Waals surface area contributed by atoms with E-state index in [0.29, 0.717) is 11.4 Å². The molecular formula is C22H27N3O4. The van der Waals surface area contributed by atoms with Crippen LogP contribution in [-0.2, 0) is 20.7 Å². The van der Waals surface area contributed by atoms with Gasteiger partial charge in [0.25, 0.3) is 5.91 Å². The van der Waals surface area contributed by atoms with Crippen LogP contribution in [0, 0.1) is 5.92 Å². The molecule has 1 atom stereocenters. The summed E-state index contributed by atoms with van der Waals surface area (Å²) in [5.41, 5.74) is 2.40. The minimum Gasteiger partial charge on any atom is -0.454 e. The number of aryl methyl sites for hydroxylation is 1. The minimum atomic E-state index is -0.879. The van der Waals surface area contributed by atoms with Gasteiger partial charge in [-0.15, -0.1) is 0 Å². The molecule has 2 aromatic rings. The van der Waals surface area contributed by atoms with E-state index in [1.54, 1.807) is 50.2 Å². The first kappa shape index (κ1) is 21.9. The van der Waals surface area contributed by atoms with Crippen LogP contribution in [0.5, 0.6) is 0 Å². The molecule has 0 aliphatic rings. The molecule has 0 fully saturated rings. The monoisotopic (exact) mass is 397 g/mol. The second-order valence-corrected chi connectivity index (χ2v) is 6.89. The van der Waals surface area contributed by atoms with E-state index in [1.807, 2.05) is 25.1 Å². The van der Waals surface area contributed by atoms with Crippen molar-refractivity contribution in [2.24, 2.45) is 5.92 Å². The smallest absolute Gasteiger partial charge is 0.329 e. The molecule has 7 heteroatoms. The first-order valence-corrected chi connectivity index (χ1v) is 9.57. The zero-order valence-electron chi connectivity index (χ0n) is 16.9. The average molecular weight is 397 g/mol. The standard InChI is InChI=1S/C22H27N3O4/c1-4-16-10-12-18(13-11-16)23-19(26)14-29-21(27)20(15(2)3)25-22(28)24-17-8-6-5-7-9-17/h5-13,15,20H,4,14H2,1-3H3,(H,23,26)(H2,24,25,28)/t20-/m0/s1. The highest BCUT2D eigenvalue weighted by Gasteiger charge is 2.26. The van der Waals surface area contributed by atoms with Crippen molar-refractivity contribution in [2.75, 3.05) is 17.2 Å². The fourth-order valence-electron chi connectivity index (χ4n) is 2.57. The number of amides is 3. The molecule has 2 rings (SSSR count). The largest absolute Gasteiger partial charge is 0.454 e. The quantitative estimate of drug-likeness (QED) is 0.593. The first-order chi connectivity index (χ1) is 13.9. The van der Waals surface area contributed by atoms with Gasteiger partial charge >= 0.3 is 12.0 Å². The fraction of sp³-hybridized carbons (Fsp3) is 0.318. The molecule has 0 aromatic heterocycles. The Labute approximate surface area is 170 Å². The molecule has 0 bridgehead atoms. The zero-order chi connectivity index (χ0) is 21.2. The number of rotatable bonds is 8. The van der Waals surface area contributed by atoms with E-state index in [9.17, 15) is 14.4 Å². The maximum atomic E-state index is 12.4. The molecule has 0 heterocycles. The summed E-state index contributed by atoms with van der Waals surface area (Å²) in [6.45, 7) is 5.18. The van der Waals surface area contributed by atoms with Crippen molar-refractivity contribution in [1.82, 2.24) is 5.32 Å². The van der Waals surface area contributed by atoms with Crippen LogP contribution in [0.15, 0.2) is 54.6 Å². The molecule has 0 spiro atoms. The SMILES string of the molecule is CCc1ccc(NC(=O)COC(=O)[C@@H](NC(=O)Nc2ccccc2)C(C)C)cc1. The lowest BCUT2D eigenvalue weighted by Crippen LogP contribution is -2.47. The van der Waals surface area contributed by atoms with Crippen molar-refractivity contribution in [3.63, 3.8) is 0 Å². The summed E-state index contributed by atoms with van der Waals surface area (Å²) in [4.78, 5) is 36.6. The Hall–Kier alpha value is -3.35. The number of benzene rings is 2. The molecular weight excluding hydrogens is 370 g/mol. The molecule has 0 unspecified atom stereocenters. The summed E-state index contributed by atoms with van der Waals surface area (Å²) in [5.74, 6) is -1.33. The number of hydrogen-bond acceptors (Lipinski definition) is 4. The van der Waals surface area contributed by atoms with Crippen LogP contribution in [0.2, 0.25) is 0 Å². The van der Waals surface area contributed by atoms with Gasteiger partial charge in [0.05, 0.1) is 0 Å². The Kier molecular flexibility index (Phi) is 8.21. The Morgan fingerprint density at radius 3 is 2.10 bits per heavy atom. The highest BCUT2D eigenvalue weighted by molar-refractivity contribution is 5.95. The highest BCUT2D eigenvalue weighted by atomic mass is 16.5. The number of carbonyl (C=O) groups excluding carboxylic acids is 3. The normalized spacial score (nSPS) is 11.4. The molecule has 7 nitrogen and oxygen atoms in total. The second kappa shape index (κ2) is 10.8. The van der Waals surface area contributed by atoms with Gasteiger partial charge in [0.15, 0.2) is 6.61 Å². The van der Waals surface area contributed by atoms with Gasteiger partial charge in [0.2, 0.25) is 0 Å². The Balaban J connectivity index is 1.84. The van der Waals surface area contributed by atoms with Gasteiger partial charge < -0.3 is 20.7 Å². The average Bonchev–Trinajstić information content (AvgIpc) is 2.71. The van der Waals surface area contributed by atoms with Gasteiger partial charge in [0.1, 0.15) is 6.04 Å². The maximum absolute atomic E-state index is 12.4. The van der Waals surface area contributed by atoms with E-state index in [1.165, 1.54) is 0 Å². The molecule has 2 aromatic carbocycles. The van der Waals surface area contributed by atoms with Crippen LogP contribution in [0.4, 0.5) is 16.2 Å². The van der Waals surface area contributed by atoms with E-state index < -0.39 is 30.6 Å². The van der Waals surface area contributed by atoms with Crippen LogP contribution in [0.3, 0.4) is 0 Å². The van der Waals surface area contributed by atoms with Gasteiger partial charge in [-0.2, -0.15) is 0 Å². The van der Waals surface area contributed by atoms with Crippen molar-refractivity contribution >= 4 is 29.3 Å². The van der Waals surface area contributed by atoms with E-state index in [2.05, 4.69) is 16.0 Å². The summed E-state index contributed by atoms with van der Waals surface area (Å²) < 4.78 is 5.10. The lowest BCUT2D eigenvalue weighted by molar-refractivity contribution is -0.150. The number of ether oxygens (including phenoxy) is 1.